The number of hydrogen-bond donors (Lipinski definition) is 0. The summed E-state index contributed by atoms with van der Waals surface area (Å²) in [6.07, 6.45) is 11.1. The van der Waals surface area contributed by atoms with Crippen molar-refractivity contribution in [1.82, 2.24) is 0 Å². The highest BCUT2D eigenvalue weighted by Gasteiger charge is 2.57. The Hall–Kier alpha value is -1.11. The Morgan fingerprint density at radius 2 is 1.76 bits per heavy atom. The van der Waals surface area contributed by atoms with Gasteiger partial charge in [0, 0.05) is 11.0 Å². The summed E-state index contributed by atoms with van der Waals surface area (Å²) < 4.78 is 0. The first kappa shape index (κ1) is 16.3. The lowest BCUT2D eigenvalue weighted by Gasteiger charge is -2.16. The summed E-state index contributed by atoms with van der Waals surface area (Å²) in [6, 6.07) is 9.94. The number of Topliss-reactive ketones (excluding diaryl/α,β-unsaturated/α-hetero) is 1. The highest BCUT2D eigenvalue weighted by Crippen LogP contribution is 2.60. The summed E-state index contributed by atoms with van der Waals surface area (Å²) in [6.45, 7) is 4.47. The number of benzene rings is 1. The van der Waals surface area contributed by atoms with Gasteiger partial charge >= 0.3 is 0 Å². The lowest BCUT2D eigenvalue weighted by molar-refractivity contribution is 0.0873. The topological polar surface area (TPSA) is 17.1 Å². The molecule has 2 rings (SSSR count). The number of ketones is 1. The van der Waals surface area contributed by atoms with E-state index in [1.807, 2.05) is 30.3 Å². The third-order valence-electron chi connectivity index (χ3n) is 5.10. The molecular weight excluding hydrogens is 256 g/mol. The van der Waals surface area contributed by atoms with Crippen molar-refractivity contribution in [3.63, 3.8) is 0 Å². The summed E-state index contributed by atoms with van der Waals surface area (Å²) in [5.41, 5.74) is 0.911. The average Bonchev–Trinajstić information content (AvgIpc) is 3.24. The van der Waals surface area contributed by atoms with Crippen molar-refractivity contribution in [1.29, 1.82) is 0 Å². The average molecular weight is 286 g/mol. The van der Waals surface area contributed by atoms with Crippen LogP contribution in [0.5, 0.6) is 0 Å². The predicted octanol–water partition coefficient (Wildman–Crippen LogP) is 6.04. The van der Waals surface area contributed by atoms with Crippen LogP contribution in [0.15, 0.2) is 30.3 Å². The van der Waals surface area contributed by atoms with E-state index < -0.39 is 0 Å². The molecule has 1 unspecified atom stereocenters. The molecule has 1 aromatic rings. The molecule has 0 radical (unpaired) electrons. The monoisotopic (exact) mass is 286 g/mol. The van der Waals surface area contributed by atoms with Gasteiger partial charge in [0.05, 0.1) is 0 Å². The fraction of sp³-hybridized carbons (Fsp3) is 0.650. The van der Waals surface area contributed by atoms with E-state index in [4.69, 9.17) is 0 Å². The highest BCUT2D eigenvalue weighted by molar-refractivity contribution is 6.02. The van der Waals surface area contributed by atoms with Crippen LogP contribution in [-0.2, 0) is 0 Å². The van der Waals surface area contributed by atoms with E-state index >= 15 is 0 Å². The number of carbonyl (C=O) groups is 1. The summed E-state index contributed by atoms with van der Waals surface area (Å²) in [5, 5.41) is 0. The fourth-order valence-corrected chi connectivity index (χ4v) is 3.64. The van der Waals surface area contributed by atoms with Gasteiger partial charge < -0.3 is 0 Å². The van der Waals surface area contributed by atoms with Crippen LogP contribution < -0.4 is 0 Å². The molecule has 1 aliphatic carbocycles. The maximum Gasteiger partial charge on any atom is 0.169 e. The molecule has 0 aliphatic heterocycles. The lowest BCUT2D eigenvalue weighted by atomic mass is 9.86. The van der Waals surface area contributed by atoms with Crippen molar-refractivity contribution in [3.05, 3.63) is 35.9 Å². The SMILES string of the molecule is CCCCCCC1C[C@]1(CCCC)C(=O)c1ccccc1. The minimum Gasteiger partial charge on any atom is -0.294 e. The number of unbranched alkanes of at least 4 members (excludes halogenated alkanes) is 4. The Morgan fingerprint density at radius 1 is 1.05 bits per heavy atom. The Bertz CT molecular complexity index is 436. The first-order chi connectivity index (χ1) is 10.2. The van der Waals surface area contributed by atoms with Gasteiger partial charge in [0.2, 0.25) is 0 Å². The van der Waals surface area contributed by atoms with Crippen LogP contribution in [0.25, 0.3) is 0 Å². The van der Waals surface area contributed by atoms with Crippen LogP contribution in [0.3, 0.4) is 0 Å². The minimum absolute atomic E-state index is 0.0103. The van der Waals surface area contributed by atoms with Gasteiger partial charge in [0.25, 0.3) is 0 Å². The van der Waals surface area contributed by atoms with Crippen molar-refractivity contribution < 1.29 is 4.79 Å². The van der Waals surface area contributed by atoms with Gasteiger partial charge in [0.15, 0.2) is 5.78 Å². The van der Waals surface area contributed by atoms with E-state index in [9.17, 15) is 4.79 Å². The highest BCUT2D eigenvalue weighted by atomic mass is 16.1. The molecule has 21 heavy (non-hydrogen) atoms. The summed E-state index contributed by atoms with van der Waals surface area (Å²) in [4.78, 5) is 12.9. The molecule has 0 bridgehead atoms. The zero-order chi connectivity index (χ0) is 15.1. The smallest absolute Gasteiger partial charge is 0.169 e. The first-order valence-electron chi connectivity index (χ1n) is 8.84. The van der Waals surface area contributed by atoms with Gasteiger partial charge in [-0.3, -0.25) is 4.79 Å². The van der Waals surface area contributed by atoms with Gasteiger partial charge in [-0.2, -0.15) is 0 Å². The second kappa shape index (κ2) is 7.77. The Balaban J connectivity index is 1.97. The first-order valence-corrected chi connectivity index (χ1v) is 8.84. The standard InChI is InChI=1S/C20H30O/c1-3-5-7-11-14-18-16-20(18,15-6-4-2)19(21)17-12-9-8-10-13-17/h8-10,12-13,18H,3-7,11,14-16H2,1-2H3/t18?,20-/m0/s1. The number of hydrogen-bond acceptors (Lipinski definition) is 1. The largest absolute Gasteiger partial charge is 0.294 e. The van der Waals surface area contributed by atoms with E-state index in [0.29, 0.717) is 11.7 Å². The summed E-state index contributed by atoms with van der Waals surface area (Å²) in [5.74, 6) is 1.06. The molecule has 1 aliphatic rings. The van der Waals surface area contributed by atoms with E-state index in [1.54, 1.807) is 0 Å². The van der Waals surface area contributed by atoms with Gasteiger partial charge in [-0.05, 0) is 25.2 Å². The molecule has 0 aromatic heterocycles. The van der Waals surface area contributed by atoms with Crippen LogP contribution in [0.1, 0.15) is 82.0 Å². The summed E-state index contributed by atoms with van der Waals surface area (Å²) in [7, 11) is 0. The molecule has 1 heteroatoms. The van der Waals surface area contributed by atoms with Crippen molar-refractivity contribution in [2.75, 3.05) is 0 Å². The molecular formula is C20H30O. The minimum atomic E-state index is -0.0103. The Kier molecular flexibility index (Phi) is 6.02. The van der Waals surface area contributed by atoms with Gasteiger partial charge in [-0.1, -0.05) is 82.7 Å². The maximum atomic E-state index is 12.9. The van der Waals surface area contributed by atoms with E-state index in [0.717, 1.165) is 18.4 Å². The van der Waals surface area contributed by atoms with Crippen LogP contribution in [0.4, 0.5) is 0 Å². The normalized spacial score (nSPS) is 24.0. The molecule has 1 aromatic carbocycles. The number of rotatable bonds is 10. The van der Waals surface area contributed by atoms with Crippen molar-refractivity contribution in [3.8, 4) is 0 Å². The third-order valence-corrected chi connectivity index (χ3v) is 5.10. The second-order valence-electron chi connectivity index (χ2n) is 6.71. The molecule has 1 nitrogen and oxygen atoms in total. The third kappa shape index (κ3) is 3.96. The molecule has 2 atom stereocenters. The second-order valence-corrected chi connectivity index (χ2v) is 6.71. The van der Waals surface area contributed by atoms with Crippen LogP contribution in [0, 0.1) is 11.3 Å². The Labute approximate surface area is 130 Å². The predicted molar refractivity (Wildman–Crippen MR) is 89.6 cm³/mol. The molecule has 0 spiro atoms. The quantitative estimate of drug-likeness (QED) is 0.379. The van der Waals surface area contributed by atoms with E-state index in [1.165, 1.54) is 44.9 Å². The van der Waals surface area contributed by atoms with E-state index in [-0.39, 0.29) is 5.41 Å². The molecule has 1 saturated carbocycles. The fourth-order valence-electron chi connectivity index (χ4n) is 3.64. The zero-order valence-electron chi connectivity index (χ0n) is 13.7. The van der Waals surface area contributed by atoms with Crippen LogP contribution in [0.2, 0.25) is 0 Å². The molecule has 0 heterocycles. The van der Waals surface area contributed by atoms with Gasteiger partial charge in [-0.25, -0.2) is 0 Å². The van der Waals surface area contributed by atoms with Gasteiger partial charge in [0.1, 0.15) is 0 Å². The molecule has 116 valence electrons. The van der Waals surface area contributed by atoms with Crippen molar-refractivity contribution in [2.24, 2.45) is 11.3 Å². The van der Waals surface area contributed by atoms with Crippen LogP contribution >= 0.6 is 0 Å². The molecule has 0 saturated heterocycles. The van der Waals surface area contributed by atoms with Gasteiger partial charge in [-0.15, -0.1) is 0 Å². The van der Waals surface area contributed by atoms with Crippen molar-refractivity contribution >= 4 is 5.78 Å². The zero-order valence-corrected chi connectivity index (χ0v) is 13.7. The van der Waals surface area contributed by atoms with E-state index in [2.05, 4.69) is 13.8 Å². The summed E-state index contributed by atoms with van der Waals surface area (Å²) >= 11 is 0. The molecule has 0 N–H and O–H groups in total. The Morgan fingerprint density at radius 3 is 2.43 bits per heavy atom. The maximum absolute atomic E-state index is 12.9. The van der Waals surface area contributed by atoms with Crippen LogP contribution in [-0.4, -0.2) is 5.78 Å². The number of carbonyl (C=O) groups excluding carboxylic acids is 1. The molecule has 1 fully saturated rings. The lowest BCUT2D eigenvalue weighted by Crippen LogP contribution is -2.19. The van der Waals surface area contributed by atoms with Crippen molar-refractivity contribution in [2.45, 2.75) is 71.6 Å². The molecule has 0 amide bonds.